The average molecular weight is 899 g/mol. The van der Waals surface area contributed by atoms with E-state index in [1.165, 1.54) is 0 Å². The van der Waals surface area contributed by atoms with Crippen molar-refractivity contribution in [3.05, 3.63) is 215 Å². The van der Waals surface area contributed by atoms with Crippen LogP contribution in [0.4, 0.5) is 0 Å². The molecule has 0 aromatic heterocycles. The van der Waals surface area contributed by atoms with E-state index in [0.29, 0.717) is 13.2 Å². The van der Waals surface area contributed by atoms with Crippen LogP contribution in [0.25, 0.3) is 0 Å². The summed E-state index contributed by atoms with van der Waals surface area (Å²) >= 11 is 0. The Bertz CT molecular complexity index is 2060. The molecule has 12 nitrogen and oxygen atoms in total. The second-order valence-corrected chi connectivity index (χ2v) is 16.3. The number of aliphatic hydroxyl groups excluding tert-OH is 2. The lowest BCUT2D eigenvalue weighted by molar-refractivity contribution is -0.489. The highest BCUT2D eigenvalue weighted by Crippen LogP contribution is 2.33. The van der Waals surface area contributed by atoms with E-state index in [1.54, 1.807) is 0 Å². The van der Waals surface area contributed by atoms with Crippen LogP contribution >= 0.6 is 0 Å². The maximum atomic E-state index is 12.1. The average Bonchev–Trinajstić information content (AvgIpc) is 3.37. The summed E-state index contributed by atoms with van der Waals surface area (Å²) in [5.41, 5.74) is 5.61. The highest BCUT2D eigenvalue weighted by Gasteiger charge is 2.51. The third-order valence-electron chi connectivity index (χ3n) is 11.4. The molecular weight excluding hydrogens is 841 g/mol. The van der Waals surface area contributed by atoms with Gasteiger partial charge in [0.25, 0.3) is 0 Å². The van der Waals surface area contributed by atoms with Crippen molar-refractivity contribution in [1.82, 2.24) is 0 Å². The standard InChI is InChI=1S/C54H58O12/c55-47-51(61-35-43-27-15-5-16-28-43)49(59-33-41-23-11-3-12-24-41)45(37-57-31-39-19-7-1-8-20-39)63-53(47)65-66-54-48(56)52(62-36-44-29-17-6-18-30-44)50(60-34-42-25-13-4-14-26-42)46(64-54)38-58-32-40-21-9-2-10-22-40/h1-30,45-56H,31-38H2/t45-,46-,47+,48+,49+,50+,51-,52-,53+,54+/m1/s1. The summed E-state index contributed by atoms with van der Waals surface area (Å²) in [4.78, 5) is 12.0. The summed E-state index contributed by atoms with van der Waals surface area (Å²) in [5, 5.41) is 24.2. The molecule has 2 aliphatic heterocycles. The molecular formula is C54H58O12. The van der Waals surface area contributed by atoms with E-state index >= 15 is 0 Å². The molecule has 0 amide bonds. The van der Waals surface area contributed by atoms with Crippen LogP contribution < -0.4 is 0 Å². The summed E-state index contributed by atoms with van der Waals surface area (Å²) in [6.45, 7) is 1.50. The van der Waals surface area contributed by atoms with Gasteiger partial charge in [-0.05, 0) is 33.4 Å². The lowest BCUT2D eigenvalue weighted by Gasteiger charge is -2.45. The van der Waals surface area contributed by atoms with Crippen molar-refractivity contribution in [2.75, 3.05) is 13.2 Å². The van der Waals surface area contributed by atoms with Crippen LogP contribution in [0.3, 0.4) is 0 Å². The fourth-order valence-electron chi connectivity index (χ4n) is 7.91. The summed E-state index contributed by atoms with van der Waals surface area (Å²) < 4.78 is 51.5. The van der Waals surface area contributed by atoms with Crippen molar-refractivity contribution >= 4 is 0 Å². The zero-order valence-electron chi connectivity index (χ0n) is 36.7. The van der Waals surface area contributed by atoms with Gasteiger partial charge in [-0.15, -0.1) is 0 Å². The second kappa shape index (κ2) is 25.1. The fraction of sp³-hybridized carbons (Fsp3) is 0.333. The van der Waals surface area contributed by atoms with Crippen LogP contribution in [-0.2, 0) is 87.3 Å². The van der Waals surface area contributed by atoms with Gasteiger partial charge in [0.15, 0.2) is 0 Å². The fourth-order valence-corrected chi connectivity index (χ4v) is 7.91. The van der Waals surface area contributed by atoms with Gasteiger partial charge in [0.1, 0.15) is 48.8 Å². The monoisotopic (exact) mass is 898 g/mol. The van der Waals surface area contributed by atoms with Crippen LogP contribution in [0.15, 0.2) is 182 Å². The Kier molecular flexibility index (Phi) is 18.0. The van der Waals surface area contributed by atoms with Gasteiger partial charge < -0.3 is 48.1 Å². The van der Waals surface area contributed by atoms with E-state index in [9.17, 15) is 10.2 Å². The molecule has 10 atom stereocenters. The quantitative estimate of drug-likeness (QED) is 0.0479. The number of hydrogen-bond acceptors (Lipinski definition) is 12. The first-order chi connectivity index (χ1) is 32.6. The first-order valence-corrected chi connectivity index (χ1v) is 22.4. The molecule has 6 aromatic carbocycles. The Labute approximate surface area is 386 Å². The topological polar surface area (TPSA) is 133 Å². The van der Waals surface area contributed by atoms with Gasteiger partial charge in [0.2, 0.25) is 12.6 Å². The van der Waals surface area contributed by atoms with E-state index < -0.39 is 61.4 Å². The van der Waals surface area contributed by atoms with Crippen molar-refractivity contribution in [2.45, 2.75) is 101 Å². The Morgan fingerprint density at radius 3 is 0.833 bits per heavy atom. The Morgan fingerprint density at radius 1 is 0.318 bits per heavy atom. The molecule has 0 aliphatic carbocycles. The van der Waals surface area contributed by atoms with Crippen molar-refractivity contribution < 1.29 is 57.9 Å². The van der Waals surface area contributed by atoms with Crippen molar-refractivity contribution in [1.29, 1.82) is 0 Å². The smallest absolute Gasteiger partial charge is 0.220 e. The van der Waals surface area contributed by atoms with Crippen LogP contribution in [0, 0.1) is 0 Å². The lowest BCUT2D eigenvalue weighted by Crippen LogP contribution is -2.63. The van der Waals surface area contributed by atoms with Crippen molar-refractivity contribution in [2.24, 2.45) is 0 Å². The van der Waals surface area contributed by atoms with Gasteiger partial charge >= 0.3 is 0 Å². The number of rotatable bonds is 23. The van der Waals surface area contributed by atoms with Gasteiger partial charge in [0, 0.05) is 0 Å². The summed E-state index contributed by atoms with van der Waals surface area (Å²) in [7, 11) is 0. The van der Waals surface area contributed by atoms with Gasteiger partial charge in [-0.25, -0.2) is 0 Å². The minimum absolute atomic E-state index is 0.0609. The first kappa shape index (κ1) is 47.3. The maximum absolute atomic E-state index is 12.1. The summed E-state index contributed by atoms with van der Waals surface area (Å²) in [6, 6.07) is 58.4. The maximum Gasteiger partial charge on any atom is 0.220 e. The molecule has 346 valence electrons. The minimum Gasteiger partial charge on any atom is -0.385 e. The number of benzene rings is 6. The molecule has 66 heavy (non-hydrogen) atoms. The van der Waals surface area contributed by atoms with Gasteiger partial charge in [-0.3, -0.25) is 0 Å². The lowest BCUT2D eigenvalue weighted by atomic mass is 9.98. The van der Waals surface area contributed by atoms with E-state index in [2.05, 4.69) is 0 Å². The molecule has 2 saturated heterocycles. The SMILES string of the molecule is O[C@@H]1[C@H](OO[C@@H]2O[C@H](COCc3ccccc3)[C@H](OCc3ccccc3)[C@H](OCc3ccccc3)[C@@H]2O)O[C@H](COCc2ccccc2)[C@H](OCc2ccccc2)[C@@H]1OCc1ccccc1. The molecule has 0 radical (unpaired) electrons. The minimum atomic E-state index is -1.44. The predicted octanol–water partition coefficient (Wildman–Crippen LogP) is 7.88. The van der Waals surface area contributed by atoms with Crippen LogP contribution in [-0.4, -0.2) is 84.8 Å². The van der Waals surface area contributed by atoms with E-state index in [-0.39, 0.29) is 39.6 Å². The molecule has 8 rings (SSSR count). The highest BCUT2D eigenvalue weighted by molar-refractivity contribution is 5.18. The number of ether oxygens (including phenoxy) is 8. The first-order valence-electron chi connectivity index (χ1n) is 22.4. The van der Waals surface area contributed by atoms with E-state index in [1.807, 2.05) is 182 Å². The van der Waals surface area contributed by atoms with Crippen LogP contribution in [0.5, 0.6) is 0 Å². The zero-order chi connectivity index (χ0) is 45.2. The van der Waals surface area contributed by atoms with Gasteiger partial charge in [0.05, 0.1) is 52.9 Å². The molecule has 2 aliphatic rings. The molecule has 2 fully saturated rings. The highest BCUT2D eigenvalue weighted by atomic mass is 17.3. The third kappa shape index (κ3) is 13.7. The Balaban J connectivity index is 1.03. The number of aliphatic hydroxyl groups is 2. The Morgan fingerprint density at radius 2 is 0.561 bits per heavy atom. The molecule has 0 unspecified atom stereocenters. The van der Waals surface area contributed by atoms with E-state index in [0.717, 1.165) is 33.4 Å². The molecule has 2 N–H and O–H groups in total. The zero-order valence-corrected chi connectivity index (χ0v) is 36.7. The molecule has 12 heteroatoms. The predicted molar refractivity (Wildman–Crippen MR) is 244 cm³/mol. The van der Waals surface area contributed by atoms with Crippen LogP contribution in [0.1, 0.15) is 33.4 Å². The summed E-state index contributed by atoms with van der Waals surface area (Å²) in [5.74, 6) is 0. The molecule has 0 spiro atoms. The number of hydrogen-bond donors (Lipinski definition) is 2. The second-order valence-electron chi connectivity index (χ2n) is 16.3. The Hall–Kier alpha value is -5.16. The van der Waals surface area contributed by atoms with Gasteiger partial charge in [-0.2, -0.15) is 9.78 Å². The molecule has 0 saturated carbocycles. The third-order valence-corrected chi connectivity index (χ3v) is 11.4. The summed E-state index contributed by atoms with van der Waals surface area (Å²) in [6.07, 6.45) is -10.9. The van der Waals surface area contributed by atoms with Gasteiger partial charge in [-0.1, -0.05) is 182 Å². The molecule has 2 heterocycles. The molecule has 6 aromatic rings. The van der Waals surface area contributed by atoms with Crippen LogP contribution in [0.2, 0.25) is 0 Å². The largest absolute Gasteiger partial charge is 0.385 e. The molecule has 0 bridgehead atoms. The van der Waals surface area contributed by atoms with E-state index in [4.69, 9.17) is 47.7 Å². The van der Waals surface area contributed by atoms with Crippen molar-refractivity contribution in [3.63, 3.8) is 0 Å². The van der Waals surface area contributed by atoms with Crippen molar-refractivity contribution in [3.8, 4) is 0 Å². The normalized spacial score (nSPS) is 25.4.